The van der Waals surface area contributed by atoms with Crippen molar-refractivity contribution < 1.29 is 13.2 Å². The van der Waals surface area contributed by atoms with E-state index in [9.17, 15) is 13.2 Å². The van der Waals surface area contributed by atoms with E-state index in [-0.39, 0.29) is 24.4 Å². The smallest absolute Gasteiger partial charge is 0.252 e. The Labute approximate surface area is 158 Å². The summed E-state index contributed by atoms with van der Waals surface area (Å²) in [5.74, 6) is 1.63. The molecule has 2 heterocycles. The van der Waals surface area contributed by atoms with E-state index < -0.39 is 10.0 Å². The molecule has 24 heavy (non-hydrogen) atoms. The van der Waals surface area contributed by atoms with E-state index in [2.05, 4.69) is 10.6 Å². The van der Waals surface area contributed by atoms with E-state index in [0.29, 0.717) is 30.3 Å². The predicted molar refractivity (Wildman–Crippen MR) is 103 cm³/mol. The molecule has 1 amide bonds. The van der Waals surface area contributed by atoms with Crippen molar-refractivity contribution in [3.63, 3.8) is 0 Å². The van der Waals surface area contributed by atoms with Crippen LogP contribution in [-0.2, 0) is 21.2 Å². The van der Waals surface area contributed by atoms with Gasteiger partial charge in [0, 0.05) is 36.1 Å². The molecule has 1 fully saturated rings. The van der Waals surface area contributed by atoms with Crippen LogP contribution < -0.4 is 10.6 Å². The predicted octanol–water partition coefficient (Wildman–Crippen LogP) is 1.52. The summed E-state index contributed by atoms with van der Waals surface area (Å²) in [4.78, 5) is 12.8. The summed E-state index contributed by atoms with van der Waals surface area (Å²) in [7, 11) is -3.38. The van der Waals surface area contributed by atoms with Crippen molar-refractivity contribution in [3.05, 3.63) is 17.0 Å². The van der Waals surface area contributed by atoms with Gasteiger partial charge in [0.05, 0.1) is 6.04 Å². The zero-order valence-corrected chi connectivity index (χ0v) is 17.0. The molecule has 0 bridgehead atoms. The lowest BCUT2D eigenvalue weighted by Crippen LogP contribution is -2.42. The fourth-order valence-electron chi connectivity index (χ4n) is 2.32. The Bertz CT molecular complexity index is 626. The van der Waals surface area contributed by atoms with Gasteiger partial charge in [0.2, 0.25) is 5.91 Å². The monoisotopic (exact) mass is 413 g/mol. The van der Waals surface area contributed by atoms with Gasteiger partial charge in [-0.15, -0.1) is 35.5 Å². The minimum atomic E-state index is -3.38. The van der Waals surface area contributed by atoms with Gasteiger partial charge in [-0.25, -0.2) is 8.42 Å². The van der Waals surface area contributed by atoms with Crippen molar-refractivity contribution in [2.24, 2.45) is 0 Å². The molecule has 0 spiro atoms. The van der Waals surface area contributed by atoms with Crippen LogP contribution in [0.25, 0.3) is 0 Å². The number of carbonyl (C=O) groups is 1. The lowest BCUT2D eigenvalue weighted by Gasteiger charge is -2.16. The minimum Gasteiger partial charge on any atom is -0.354 e. The average Bonchev–Trinajstić information content (AvgIpc) is 3.20. The van der Waals surface area contributed by atoms with Crippen LogP contribution in [0.2, 0.25) is 0 Å². The van der Waals surface area contributed by atoms with Gasteiger partial charge in [-0.2, -0.15) is 4.31 Å². The fraction of sp³-hybridized carbons (Fsp3) is 0.643. The van der Waals surface area contributed by atoms with Crippen LogP contribution in [0.15, 0.2) is 16.3 Å². The number of halogens is 1. The Kier molecular flexibility index (Phi) is 9.03. The Morgan fingerprint density at radius 3 is 2.67 bits per heavy atom. The zero-order valence-electron chi connectivity index (χ0n) is 13.8. The van der Waals surface area contributed by atoms with Gasteiger partial charge in [-0.05, 0) is 18.6 Å². The Morgan fingerprint density at radius 1 is 1.38 bits per heavy atom. The molecule has 0 aliphatic carbocycles. The molecule has 1 aliphatic heterocycles. The van der Waals surface area contributed by atoms with Crippen LogP contribution in [0.5, 0.6) is 0 Å². The number of sulfonamides is 1. The van der Waals surface area contributed by atoms with Crippen molar-refractivity contribution in [3.8, 4) is 0 Å². The maximum absolute atomic E-state index is 12.4. The van der Waals surface area contributed by atoms with E-state index in [0.717, 1.165) is 16.5 Å². The van der Waals surface area contributed by atoms with Crippen molar-refractivity contribution in [2.75, 3.05) is 31.3 Å². The standard InChI is InChI=1S/C14H23N3O3S3.ClH/c1-3-17(4-2)23(19,20)13-6-5-11(22-13)7-8-15-14(18)12-9-21-10-16-12;/h5-6,12,16H,3-4,7-10H2,1-2H3,(H,15,18);1H. The molecule has 0 aromatic carbocycles. The van der Waals surface area contributed by atoms with Gasteiger partial charge >= 0.3 is 0 Å². The summed E-state index contributed by atoms with van der Waals surface area (Å²) in [6, 6.07) is 3.38. The van der Waals surface area contributed by atoms with E-state index in [1.54, 1.807) is 17.8 Å². The normalized spacial score (nSPS) is 17.7. The molecule has 1 unspecified atom stereocenters. The van der Waals surface area contributed by atoms with E-state index in [1.807, 2.05) is 19.9 Å². The molecule has 0 radical (unpaired) electrons. The molecule has 1 saturated heterocycles. The second-order valence-corrected chi connectivity index (χ2v) is 9.49. The molecular formula is C14H24ClN3O3S3. The fourth-order valence-corrected chi connectivity index (χ4v) is 6.23. The maximum atomic E-state index is 12.4. The molecule has 6 nitrogen and oxygen atoms in total. The number of thiophene rings is 1. The summed E-state index contributed by atoms with van der Waals surface area (Å²) >= 11 is 2.99. The summed E-state index contributed by atoms with van der Waals surface area (Å²) in [5, 5.41) is 6.02. The lowest BCUT2D eigenvalue weighted by atomic mass is 10.3. The second kappa shape index (κ2) is 9.98. The van der Waals surface area contributed by atoms with Gasteiger partial charge in [0.1, 0.15) is 4.21 Å². The highest BCUT2D eigenvalue weighted by atomic mass is 35.5. The number of thioether (sulfide) groups is 1. The Morgan fingerprint density at radius 2 is 2.08 bits per heavy atom. The molecule has 2 rings (SSSR count). The van der Waals surface area contributed by atoms with Gasteiger partial charge in [-0.1, -0.05) is 13.8 Å². The minimum absolute atomic E-state index is 0. The van der Waals surface area contributed by atoms with Crippen LogP contribution in [-0.4, -0.2) is 55.9 Å². The summed E-state index contributed by atoms with van der Waals surface area (Å²) < 4.78 is 26.7. The van der Waals surface area contributed by atoms with Gasteiger partial charge in [-0.3, -0.25) is 10.1 Å². The summed E-state index contributed by atoms with van der Waals surface area (Å²) in [6.07, 6.45) is 0.643. The molecule has 0 saturated carbocycles. The zero-order chi connectivity index (χ0) is 16.9. The van der Waals surface area contributed by atoms with Crippen molar-refractivity contribution in [1.29, 1.82) is 0 Å². The van der Waals surface area contributed by atoms with Crippen LogP contribution in [0, 0.1) is 0 Å². The van der Waals surface area contributed by atoms with Gasteiger partial charge in [0.25, 0.3) is 10.0 Å². The molecule has 10 heteroatoms. The maximum Gasteiger partial charge on any atom is 0.252 e. The quantitative estimate of drug-likeness (QED) is 0.675. The van der Waals surface area contributed by atoms with Gasteiger partial charge in [0.15, 0.2) is 0 Å². The first-order chi connectivity index (χ1) is 11.0. The number of carbonyl (C=O) groups excluding carboxylic acids is 1. The third-order valence-corrected chi connectivity index (χ3v) is 8.24. The van der Waals surface area contributed by atoms with Crippen molar-refractivity contribution in [2.45, 2.75) is 30.5 Å². The molecule has 1 aliphatic rings. The largest absolute Gasteiger partial charge is 0.354 e. The van der Waals surface area contributed by atoms with Gasteiger partial charge < -0.3 is 5.32 Å². The van der Waals surface area contributed by atoms with Crippen molar-refractivity contribution >= 4 is 51.4 Å². The molecule has 138 valence electrons. The Balaban J connectivity index is 0.00000288. The van der Waals surface area contributed by atoms with E-state index in [4.69, 9.17) is 0 Å². The lowest BCUT2D eigenvalue weighted by molar-refractivity contribution is -0.122. The van der Waals surface area contributed by atoms with E-state index >= 15 is 0 Å². The van der Waals surface area contributed by atoms with Crippen LogP contribution in [0.4, 0.5) is 0 Å². The SMILES string of the molecule is CCN(CC)S(=O)(=O)c1ccc(CCNC(=O)C2CSCN2)s1.Cl. The number of rotatable bonds is 8. The summed E-state index contributed by atoms with van der Waals surface area (Å²) in [5.41, 5.74) is 0. The first-order valence-corrected chi connectivity index (χ1v) is 11.1. The number of nitrogens with zero attached hydrogens (tertiary/aromatic N) is 1. The highest BCUT2D eigenvalue weighted by Crippen LogP contribution is 2.25. The van der Waals surface area contributed by atoms with E-state index in [1.165, 1.54) is 15.6 Å². The molecular weight excluding hydrogens is 390 g/mol. The van der Waals surface area contributed by atoms with Crippen LogP contribution in [0.1, 0.15) is 18.7 Å². The Hall–Kier alpha value is -0.320. The van der Waals surface area contributed by atoms with Crippen molar-refractivity contribution in [1.82, 2.24) is 14.9 Å². The third kappa shape index (κ3) is 5.34. The second-order valence-electron chi connectivity index (χ2n) is 5.12. The number of nitrogens with one attached hydrogen (secondary N) is 2. The topological polar surface area (TPSA) is 78.5 Å². The average molecular weight is 414 g/mol. The number of hydrogen-bond donors (Lipinski definition) is 2. The number of hydrogen-bond acceptors (Lipinski definition) is 6. The molecule has 1 aromatic rings. The van der Waals surface area contributed by atoms with Crippen LogP contribution >= 0.6 is 35.5 Å². The summed E-state index contributed by atoms with van der Waals surface area (Å²) in [6.45, 7) is 5.12. The molecule has 1 aromatic heterocycles. The van der Waals surface area contributed by atoms with Crippen LogP contribution in [0.3, 0.4) is 0 Å². The first-order valence-electron chi connectivity index (χ1n) is 7.66. The number of amides is 1. The highest BCUT2D eigenvalue weighted by Gasteiger charge is 2.24. The first kappa shape index (κ1) is 21.7. The highest BCUT2D eigenvalue weighted by molar-refractivity contribution is 7.99. The molecule has 1 atom stereocenters. The third-order valence-electron chi connectivity index (χ3n) is 3.64. The molecule has 2 N–H and O–H groups in total.